The van der Waals surface area contributed by atoms with Crippen LogP contribution in [0.3, 0.4) is 0 Å². The first-order valence-electron chi connectivity index (χ1n) is 7.19. The van der Waals surface area contributed by atoms with Gasteiger partial charge < -0.3 is 9.94 Å². The Morgan fingerprint density at radius 1 is 1.13 bits per heavy atom. The maximum atomic E-state index is 9.10. The maximum absolute atomic E-state index is 9.10. The highest BCUT2D eigenvalue weighted by molar-refractivity contribution is 6.06. The molecule has 1 aliphatic heterocycles. The Hall–Kier alpha value is -3.15. The van der Waals surface area contributed by atoms with Gasteiger partial charge >= 0.3 is 0 Å². The predicted molar refractivity (Wildman–Crippen MR) is 85.7 cm³/mol. The molecule has 0 amide bonds. The highest BCUT2D eigenvalue weighted by Crippen LogP contribution is 2.35. The number of hydrogen-bond donors (Lipinski definition) is 1. The van der Waals surface area contributed by atoms with Gasteiger partial charge in [-0.1, -0.05) is 11.2 Å². The minimum atomic E-state index is 0.291. The first kappa shape index (κ1) is 13.5. The summed E-state index contributed by atoms with van der Waals surface area (Å²) >= 11 is 0. The van der Waals surface area contributed by atoms with Gasteiger partial charge in [-0.25, -0.2) is 0 Å². The molecule has 114 valence electrons. The van der Waals surface area contributed by atoms with Crippen molar-refractivity contribution < 1.29 is 9.94 Å². The molecule has 0 saturated carbocycles. The zero-order valence-corrected chi connectivity index (χ0v) is 12.5. The molecule has 1 aromatic carbocycles. The number of aromatic nitrogens is 3. The van der Waals surface area contributed by atoms with Crippen molar-refractivity contribution >= 4 is 5.71 Å². The lowest BCUT2D eigenvalue weighted by molar-refractivity contribution is 0.313. The molecule has 23 heavy (non-hydrogen) atoms. The summed E-state index contributed by atoms with van der Waals surface area (Å²) in [6.45, 7) is 0.291. The zero-order valence-electron chi connectivity index (χ0n) is 12.5. The van der Waals surface area contributed by atoms with E-state index in [1.54, 1.807) is 17.1 Å². The van der Waals surface area contributed by atoms with Crippen molar-refractivity contribution in [1.82, 2.24) is 14.8 Å². The Kier molecular flexibility index (Phi) is 3.08. The lowest BCUT2D eigenvalue weighted by Crippen LogP contribution is -2.01. The molecular formula is C17H14N4O2. The Morgan fingerprint density at radius 3 is 2.74 bits per heavy atom. The van der Waals surface area contributed by atoms with Crippen molar-refractivity contribution in [3.8, 4) is 28.1 Å². The van der Waals surface area contributed by atoms with E-state index in [2.05, 4.69) is 15.2 Å². The maximum Gasteiger partial charge on any atom is 0.134 e. The van der Waals surface area contributed by atoms with Gasteiger partial charge in [0.2, 0.25) is 0 Å². The molecule has 6 nitrogen and oxygen atoms in total. The van der Waals surface area contributed by atoms with E-state index in [0.717, 1.165) is 33.7 Å². The molecule has 3 heterocycles. The Bertz CT molecular complexity index is 900. The highest BCUT2D eigenvalue weighted by Gasteiger charge is 2.22. The number of ether oxygens (including phenoxy) is 1. The first-order valence-corrected chi connectivity index (χ1v) is 7.19. The van der Waals surface area contributed by atoms with E-state index in [0.29, 0.717) is 12.3 Å². The van der Waals surface area contributed by atoms with Crippen LogP contribution < -0.4 is 4.74 Å². The third kappa shape index (κ3) is 2.24. The molecular weight excluding hydrogens is 292 g/mol. The number of nitrogens with zero attached hydrogens (tertiary/aromatic N) is 4. The number of pyridine rings is 1. The fourth-order valence-electron chi connectivity index (χ4n) is 2.78. The highest BCUT2D eigenvalue weighted by atomic mass is 16.5. The molecule has 0 atom stereocenters. The predicted octanol–water partition coefficient (Wildman–Crippen LogP) is 2.72. The van der Waals surface area contributed by atoms with E-state index >= 15 is 0 Å². The van der Waals surface area contributed by atoms with E-state index in [1.165, 1.54) is 0 Å². The van der Waals surface area contributed by atoms with Gasteiger partial charge in [0.05, 0.1) is 0 Å². The van der Waals surface area contributed by atoms with Crippen LogP contribution in [0, 0.1) is 0 Å². The number of rotatable bonds is 2. The topological polar surface area (TPSA) is 72.5 Å². The molecule has 0 aliphatic carbocycles. The molecule has 0 unspecified atom stereocenters. The average molecular weight is 306 g/mol. The summed E-state index contributed by atoms with van der Waals surface area (Å²) < 4.78 is 7.28. The molecule has 4 rings (SSSR count). The lowest BCUT2D eigenvalue weighted by Gasteiger charge is -2.05. The largest absolute Gasteiger partial charge is 0.486 e. The van der Waals surface area contributed by atoms with Crippen LogP contribution in [-0.4, -0.2) is 32.3 Å². The quantitative estimate of drug-likeness (QED) is 0.583. The standard InChI is InChI=1S/C17H14N4O2/c1-21-9-14(17(19-21)11-4-6-18-7-5-11)12-2-3-16-13(8-12)15(20-22)10-23-16/h2-9,22H,10H2,1H3/b20-15+. The summed E-state index contributed by atoms with van der Waals surface area (Å²) in [5.74, 6) is 0.732. The number of aryl methyl sites for hydroxylation is 1. The van der Waals surface area contributed by atoms with Gasteiger partial charge in [-0.05, 0) is 29.8 Å². The summed E-state index contributed by atoms with van der Waals surface area (Å²) in [6.07, 6.45) is 5.48. The smallest absolute Gasteiger partial charge is 0.134 e. The van der Waals surface area contributed by atoms with Crippen LogP contribution in [0.25, 0.3) is 22.4 Å². The third-order valence-electron chi connectivity index (χ3n) is 3.87. The van der Waals surface area contributed by atoms with Crippen LogP contribution in [-0.2, 0) is 7.05 Å². The second kappa shape index (κ2) is 5.24. The monoisotopic (exact) mass is 306 g/mol. The van der Waals surface area contributed by atoms with E-state index in [1.807, 2.05) is 43.6 Å². The Morgan fingerprint density at radius 2 is 1.96 bits per heavy atom. The van der Waals surface area contributed by atoms with Gasteiger partial charge in [0.1, 0.15) is 23.8 Å². The van der Waals surface area contributed by atoms with E-state index in [4.69, 9.17) is 9.94 Å². The second-order valence-electron chi connectivity index (χ2n) is 5.35. The first-order chi connectivity index (χ1) is 11.3. The lowest BCUT2D eigenvalue weighted by atomic mass is 9.99. The van der Waals surface area contributed by atoms with Crippen molar-refractivity contribution in [2.75, 3.05) is 6.61 Å². The van der Waals surface area contributed by atoms with Crippen molar-refractivity contribution in [3.05, 3.63) is 54.5 Å². The normalized spacial score (nSPS) is 14.7. The summed E-state index contributed by atoms with van der Waals surface area (Å²) in [7, 11) is 1.89. The molecule has 0 bridgehead atoms. The van der Waals surface area contributed by atoms with E-state index < -0.39 is 0 Å². The molecule has 2 aromatic heterocycles. The molecule has 6 heteroatoms. The van der Waals surface area contributed by atoms with Crippen molar-refractivity contribution in [3.63, 3.8) is 0 Å². The van der Waals surface area contributed by atoms with Crippen LogP contribution in [0.4, 0.5) is 0 Å². The van der Waals surface area contributed by atoms with Gasteiger partial charge in [-0.2, -0.15) is 5.10 Å². The van der Waals surface area contributed by atoms with Crippen molar-refractivity contribution in [2.24, 2.45) is 12.2 Å². The summed E-state index contributed by atoms with van der Waals surface area (Å²) in [4.78, 5) is 4.05. The number of hydrogen-bond acceptors (Lipinski definition) is 5. The van der Waals surface area contributed by atoms with Crippen LogP contribution >= 0.6 is 0 Å². The summed E-state index contributed by atoms with van der Waals surface area (Å²) in [5, 5.41) is 17.0. The fraction of sp³-hybridized carbons (Fsp3) is 0.118. The molecule has 0 radical (unpaired) electrons. The number of fused-ring (bicyclic) bond motifs is 1. The van der Waals surface area contributed by atoms with E-state index in [-0.39, 0.29) is 0 Å². The van der Waals surface area contributed by atoms with Gasteiger partial charge in [-0.15, -0.1) is 0 Å². The van der Waals surface area contributed by atoms with Crippen molar-refractivity contribution in [1.29, 1.82) is 0 Å². The van der Waals surface area contributed by atoms with Crippen LogP contribution in [0.2, 0.25) is 0 Å². The molecule has 0 saturated heterocycles. The minimum Gasteiger partial charge on any atom is -0.486 e. The molecule has 0 fully saturated rings. The van der Waals surface area contributed by atoms with Gasteiger partial charge in [-0.3, -0.25) is 9.67 Å². The average Bonchev–Trinajstić information content (AvgIpc) is 3.18. The molecule has 3 aromatic rings. The van der Waals surface area contributed by atoms with Gasteiger partial charge in [0.25, 0.3) is 0 Å². The number of oxime groups is 1. The second-order valence-corrected chi connectivity index (χ2v) is 5.35. The Balaban J connectivity index is 1.87. The van der Waals surface area contributed by atoms with Crippen LogP contribution in [0.1, 0.15) is 5.56 Å². The summed E-state index contributed by atoms with van der Waals surface area (Å²) in [6, 6.07) is 9.72. The van der Waals surface area contributed by atoms with Crippen molar-refractivity contribution in [2.45, 2.75) is 0 Å². The van der Waals surface area contributed by atoms with Crippen LogP contribution in [0.15, 0.2) is 54.1 Å². The molecule has 0 spiro atoms. The molecule has 1 aliphatic rings. The zero-order chi connectivity index (χ0) is 15.8. The summed E-state index contributed by atoms with van der Waals surface area (Å²) in [5.41, 5.74) is 5.24. The SMILES string of the molecule is Cn1cc(-c2ccc3c(c2)/C(=N/O)CO3)c(-c2ccncc2)n1. The fourth-order valence-corrected chi connectivity index (χ4v) is 2.78. The third-order valence-corrected chi connectivity index (χ3v) is 3.87. The van der Waals surface area contributed by atoms with E-state index in [9.17, 15) is 0 Å². The Labute approximate surface area is 132 Å². The minimum absolute atomic E-state index is 0.291. The number of benzene rings is 1. The van der Waals surface area contributed by atoms with Gasteiger partial charge in [0.15, 0.2) is 0 Å². The van der Waals surface area contributed by atoms with Crippen LogP contribution in [0.5, 0.6) is 5.75 Å². The van der Waals surface area contributed by atoms with Gasteiger partial charge in [0, 0.05) is 42.3 Å². The molecule has 1 N–H and O–H groups in total.